The standard InChI is InChI=1S/C17H13ClFN3O/c1-10-15(20-17(23)13-7-2-3-8-14(13)19)16(22-21-10)11-5-4-6-12(18)9-11/h2-9H,1H3,(H,20,23)(H,21,22). The fourth-order valence-corrected chi connectivity index (χ4v) is 2.44. The van der Waals surface area contributed by atoms with Gasteiger partial charge in [0, 0.05) is 10.6 Å². The van der Waals surface area contributed by atoms with E-state index in [9.17, 15) is 9.18 Å². The summed E-state index contributed by atoms with van der Waals surface area (Å²) in [6.07, 6.45) is 0. The third-order valence-electron chi connectivity index (χ3n) is 3.40. The van der Waals surface area contributed by atoms with E-state index in [1.807, 2.05) is 6.07 Å². The van der Waals surface area contributed by atoms with Gasteiger partial charge in [-0.15, -0.1) is 0 Å². The van der Waals surface area contributed by atoms with Crippen LogP contribution in [0.4, 0.5) is 10.1 Å². The first-order valence-electron chi connectivity index (χ1n) is 6.93. The monoisotopic (exact) mass is 329 g/mol. The molecule has 0 aliphatic rings. The van der Waals surface area contributed by atoms with Crippen LogP contribution in [0.15, 0.2) is 48.5 Å². The number of aromatic amines is 1. The molecule has 0 spiro atoms. The van der Waals surface area contributed by atoms with E-state index in [4.69, 9.17) is 11.6 Å². The summed E-state index contributed by atoms with van der Waals surface area (Å²) in [4.78, 5) is 12.3. The van der Waals surface area contributed by atoms with Gasteiger partial charge in [0.15, 0.2) is 0 Å². The topological polar surface area (TPSA) is 57.8 Å². The molecule has 116 valence electrons. The second kappa shape index (κ2) is 6.22. The SMILES string of the molecule is Cc1[nH]nc(-c2cccc(Cl)c2)c1NC(=O)c1ccccc1F. The minimum Gasteiger partial charge on any atom is -0.318 e. The van der Waals surface area contributed by atoms with Crippen LogP contribution < -0.4 is 5.32 Å². The van der Waals surface area contributed by atoms with E-state index in [1.165, 1.54) is 18.2 Å². The predicted molar refractivity (Wildman–Crippen MR) is 88.1 cm³/mol. The number of hydrogen-bond donors (Lipinski definition) is 2. The first-order valence-corrected chi connectivity index (χ1v) is 7.31. The molecule has 0 bridgehead atoms. The van der Waals surface area contributed by atoms with Gasteiger partial charge in [0.05, 0.1) is 16.9 Å². The van der Waals surface area contributed by atoms with Crippen molar-refractivity contribution in [3.05, 3.63) is 70.6 Å². The smallest absolute Gasteiger partial charge is 0.258 e. The number of hydrogen-bond acceptors (Lipinski definition) is 2. The number of benzene rings is 2. The van der Waals surface area contributed by atoms with Crippen LogP contribution in [0.3, 0.4) is 0 Å². The van der Waals surface area contributed by atoms with Gasteiger partial charge >= 0.3 is 0 Å². The van der Waals surface area contributed by atoms with E-state index < -0.39 is 11.7 Å². The fraction of sp³-hybridized carbons (Fsp3) is 0.0588. The van der Waals surface area contributed by atoms with E-state index >= 15 is 0 Å². The van der Waals surface area contributed by atoms with Crippen molar-refractivity contribution in [1.82, 2.24) is 10.2 Å². The van der Waals surface area contributed by atoms with Gasteiger partial charge in [-0.3, -0.25) is 9.89 Å². The van der Waals surface area contributed by atoms with E-state index in [2.05, 4.69) is 15.5 Å². The fourth-order valence-electron chi connectivity index (χ4n) is 2.25. The van der Waals surface area contributed by atoms with Crippen molar-refractivity contribution < 1.29 is 9.18 Å². The van der Waals surface area contributed by atoms with Gasteiger partial charge in [-0.05, 0) is 31.2 Å². The molecule has 6 heteroatoms. The minimum absolute atomic E-state index is 0.0230. The first-order chi connectivity index (χ1) is 11.1. The van der Waals surface area contributed by atoms with Gasteiger partial charge in [0.2, 0.25) is 0 Å². The van der Waals surface area contributed by atoms with Gasteiger partial charge in [-0.1, -0.05) is 35.9 Å². The van der Waals surface area contributed by atoms with Gasteiger partial charge in [-0.2, -0.15) is 5.10 Å². The second-order valence-electron chi connectivity index (χ2n) is 5.02. The molecule has 0 unspecified atom stereocenters. The average molecular weight is 330 g/mol. The molecule has 2 aromatic carbocycles. The van der Waals surface area contributed by atoms with E-state index in [1.54, 1.807) is 31.2 Å². The van der Waals surface area contributed by atoms with Crippen molar-refractivity contribution in [2.75, 3.05) is 5.32 Å². The maximum absolute atomic E-state index is 13.7. The number of rotatable bonds is 3. The zero-order chi connectivity index (χ0) is 16.4. The first kappa shape index (κ1) is 15.2. The van der Waals surface area contributed by atoms with E-state index in [0.717, 1.165) is 5.56 Å². The largest absolute Gasteiger partial charge is 0.318 e. The van der Waals surface area contributed by atoms with Gasteiger partial charge < -0.3 is 5.32 Å². The lowest BCUT2D eigenvalue weighted by atomic mass is 10.1. The maximum atomic E-state index is 13.7. The van der Waals surface area contributed by atoms with Crippen molar-refractivity contribution >= 4 is 23.2 Å². The molecule has 2 N–H and O–H groups in total. The molecular formula is C17H13ClFN3O. The molecule has 0 saturated carbocycles. The van der Waals surface area contributed by atoms with Crippen LogP contribution in [0.2, 0.25) is 5.02 Å². The lowest BCUT2D eigenvalue weighted by molar-refractivity contribution is 0.102. The quantitative estimate of drug-likeness (QED) is 0.746. The molecule has 4 nitrogen and oxygen atoms in total. The highest BCUT2D eigenvalue weighted by molar-refractivity contribution is 6.30. The van der Waals surface area contributed by atoms with Crippen LogP contribution in [-0.4, -0.2) is 16.1 Å². The molecule has 1 heterocycles. The number of nitrogens with zero attached hydrogens (tertiary/aromatic N) is 1. The normalized spacial score (nSPS) is 10.6. The van der Waals surface area contributed by atoms with Crippen molar-refractivity contribution in [2.24, 2.45) is 0 Å². The molecule has 1 aromatic heterocycles. The Bertz CT molecular complexity index is 876. The number of carbonyl (C=O) groups is 1. The maximum Gasteiger partial charge on any atom is 0.258 e. The van der Waals surface area contributed by atoms with Crippen molar-refractivity contribution in [1.29, 1.82) is 0 Å². The number of H-pyrrole nitrogens is 1. The minimum atomic E-state index is -0.574. The van der Waals surface area contributed by atoms with Crippen molar-refractivity contribution in [2.45, 2.75) is 6.92 Å². The number of aromatic nitrogens is 2. The highest BCUT2D eigenvalue weighted by Crippen LogP contribution is 2.30. The van der Waals surface area contributed by atoms with Crippen LogP contribution in [0.1, 0.15) is 16.1 Å². The molecule has 0 saturated heterocycles. The van der Waals surface area contributed by atoms with E-state index in [0.29, 0.717) is 22.1 Å². The Morgan fingerprint density at radius 2 is 2.00 bits per heavy atom. The third kappa shape index (κ3) is 3.10. The second-order valence-corrected chi connectivity index (χ2v) is 5.45. The Balaban J connectivity index is 1.97. The summed E-state index contributed by atoms with van der Waals surface area (Å²) in [7, 11) is 0. The van der Waals surface area contributed by atoms with Crippen LogP contribution in [0.25, 0.3) is 11.3 Å². The highest BCUT2D eigenvalue weighted by Gasteiger charge is 2.18. The summed E-state index contributed by atoms with van der Waals surface area (Å²) in [5, 5.41) is 10.3. The molecule has 0 aliphatic carbocycles. The Morgan fingerprint density at radius 3 is 2.74 bits per heavy atom. The molecule has 1 amide bonds. The molecule has 23 heavy (non-hydrogen) atoms. The molecule has 3 rings (SSSR count). The molecule has 0 atom stereocenters. The highest BCUT2D eigenvalue weighted by atomic mass is 35.5. The number of aryl methyl sites for hydroxylation is 1. The summed E-state index contributed by atoms with van der Waals surface area (Å²) < 4.78 is 13.7. The van der Waals surface area contributed by atoms with Gasteiger partial charge in [-0.25, -0.2) is 4.39 Å². The zero-order valence-corrected chi connectivity index (χ0v) is 13.0. The number of amides is 1. The summed E-state index contributed by atoms with van der Waals surface area (Å²) in [5.41, 5.74) is 2.45. The lowest BCUT2D eigenvalue weighted by Gasteiger charge is -2.08. The average Bonchev–Trinajstić information content (AvgIpc) is 2.89. The Kier molecular flexibility index (Phi) is 4.12. The molecule has 3 aromatic rings. The summed E-state index contributed by atoms with van der Waals surface area (Å²) in [6, 6.07) is 12.9. The Labute approximate surface area is 137 Å². The third-order valence-corrected chi connectivity index (χ3v) is 3.64. The molecule has 0 aliphatic heterocycles. The van der Waals surface area contributed by atoms with Crippen molar-refractivity contribution in [3.8, 4) is 11.3 Å². The molecule has 0 fully saturated rings. The van der Waals surface area contributed by atoms with E-state index in [-0.39, 0.29) is 5.56 Å². The number of carbonyl (C=O) groups excluding carboxylic acids is 1. The van der Waals surface area contributed by atoms with Crippen LogP contribution in [0.5, 0.6) is 0 Å². The number of nitrogens with one attached hydrogen (secondary N) is 2. The Morgan fingerprint density at radius 1 is 1.22 bits per heavy atom. The summed E-state index contributed by atoms with van der Waals surface area (Å²) >= 11 is 6.00. The van der Waals surface area contributed by atoms with Crippen LogP contribution >= 0.6 is 11.6 Å². The predicted octanol–water partition coefficient (Wildman–Crippen LogP) is 4.43. The summed E-state index contributed by atoms with van der Waals surface area (Å²) in [5.74, 6) is -1.11. The van der Waals surface area contributed by atoms with Crippen LogP contribution in [0, 0.1) is 12.7 Å². The van der Waals surface area contributed by atoms with Crippen LogP contribution in [-0.2, 0) is 0 Å². The number of halogens is 2. The molecular weight excluding hydrogens is 317 g/mol. The summed E-state index contributed by atoms with van der Waals surface area (Å²) in [6.45, 7) is 1.78. The Hall–Kier alpha value is -2.66. The zero-order valence-electron chi connectivity index (χ0n) is 12.2. The number of anilines is 1. The molecule has 0 radical (unpaired) electrons. The van der Waals surface area contributed by atoms with Gasteiger partial charge in [0.1, 0.15) is 11.5 Å². The van der Waals surface area contributed by atoms with Gasteiger partial charge in [0.25, 0.3) is 5.91 Å². The van der Waals surface area contributed by atoms with Crippen molar-refractivity contribution in [3.63, 3.8) is 0 Å². The lowest BCUT2D eigenvalue weighted by Crippen LogP contribution is -2.14.